The van der Waals surface area contributed by atoms with Crippen LogP contribution in [0.5, 0.6) is 5.75 Å². The van der Waals surface area contributed by atoms with E-state index < -0.39 is 0 Å². The number of nitrogens with one attached hydrogen (secondary N) is 1. The Morgan fingerprint density at radius 1 is 1.27 bits per heavy atom. The summed E-state index contributed by atoms with van der Waals surface area (Å²) in [6, 6.07) is 12.5. The van der Waals surface area contributed by atoms with Crippen LogP contribution in [0.3, 0.4) is 0 Å². The molecular formula is C24H24ClN3O4S. The van der Waals surface area contributed by atoms with Gasteiger partial charge < -0.3 is 14.5 Å². The molecule has 0 spiro atoms. The number of carbonyl (C=O) groups excluding carboxylic acids is 1. The first-order valence-electron chi connectivity index (χ1n) is 10.6. The molecule has 0 saturated heterocycles. The van der Waals surface area contributed by atoms with Crippen molar-refractivity contribution in [3.05, 3.63) is 57.8 Å². The fourth-order valence-electron chi connectivity index (χ4n) is 3.42. The van der Waals surface area contributed by atoms with Gasteiger partial charge in [-0.15, -0.1) is 0 Å². The van der Waals surface area contributed by atoms with E-state index in [2.05, 4.69) is 19.2 Å². The van der Waals surface area contributed by atoms with E-state index in [1.807, 2.05) is 24.3 Å². The van der Waals surface area contributed by atoms with E-state index in [9.17, 15) is 9.59 Å². The molecule has 0 unspecified atom stereocenters. The molecule has 4 aromatic rings. The van der Waals surface area contributed by atoms with Crippen molar-refractivity contribution in [1.82, 2.24) is 9.55 Å². The van der Waals surface area contributed by atoms with Gasteiger partial charge in [-0.1, -0.05) is 49.3 Å². The molecule has 33 heavy (non-hydrogen) atoms. The Hall–Kier alpha value is -2.97. The maximum Gasteiger partial charge on any atom is 0.297 e. The van der Waals surface area contributed by atoms with Crippen molar-refractivity contribution in [3.8, 4) is 5.75 Å². The molecule has 1 N–H and O–H groups in total. The molecule has 0 fully saturated rings. The fourth-order valence-corrected chi connectivity index (χ4v) is 4.50. The van der Waals surface area contributed by atoms with Crippen molar-refractivity contribution in [2.24, 2.45) is 5.92 Å². The predicted octanol–water partition coefficient (Wildman–Crippen LogP) is 5.58. The number of hydrogen-bond acceptors (Lipinski definition) is 6. The van der Waals surface area contributed by atoms with E-state index in [4.69, 9.17) is 25.7 Å². The Labute approximate surface area is 200 Å². The van der Waals surface area contributed by atoms with Crippen molar-refractivity contribution in [1.29, 1.82) is 0 Å². The first-order chi connectivity index (χ1) is 15.9. The highest BCUT2D eigenvalue weighted by atomic mass is 35.5. The van der Waals surface area contributed by atoms with Gasteiger partial charge in [0.25, 0.3) is 5.56 Å². The van der Waals surface area contributed by atoms with Crippen LogP contribution in [-0.2, 0) is 11.3 Å². The smallest absolute Gasteiger partial charge is 0.297 e. The molecule has 0 aliphatic rings. The van der Waals surface area contributed by atoms with Gasteiger partial charge in [-0.2, -0.15) is 0 Å². The van der Waals surface area contributed by atoms with E-state index >= 15 is 0 Å². The lowest BCUT2D eigenvalue weighted by atomic mass is 10.1. The number of thioether (sulfide) groups is 1. The third-order valence-electron chi connectivity index (χ3n) is 5.14. The molecule has 4 rings (SSSR count). The van der Waals surface area contributed by atoms with Gasteiger partial charge in [0.2, 0.25) is 11.5 Å². The minimum atomic E-state index is -0.235. The van der Waals surface area contributed by atoms with Gasteiger partial charge in [0.05, 0.1) is 17.9 Å². The molecule has 0 aliphatic carbocycles. The summed E-state index contributed by atoms with van der Waals surface area (Å²) >= 11 is 7.36. The van der Waals surface area contributed by atoms with Gasteiger partial charge in [0.15, 0.2) is 5.16 Å². The van der Waals surface area contributed by atoms with E-state index in [1.54, 1.807) is 22.8 Å². The van der Waals surface area contributed by atoms with Crippen LogP contribution in [0.15, 0.2) is 56.8 Å². The maximum atomic E-state index is 13.3. The number of ether oxygens (including phenoxy) is 1. The lowest BCUT2D eigenvalue weighted by Crippen LogP contribution is -2.24. The molecule has 9 heteroatoms. The third-order valence-corrected chi connectivity index (χ3v) is 6.42. The number of carbonyl (C=O) groups is 1. The van der Waals surface area contributed by atoms with E-state index in [-0.39, 0.29) is 22.8 Å². The monoisotopic (exact) mass is 485 g/mol. The van der Waals surface area contributed by atoms with Crippen LogP contribution in [0.25, 0.3) is 22.1 Å². The third kappa shape index (κ3) is 5.02. The van der Waals surface area contributed by atoms with Gasteiger partial charge in [-0.05, 0) is 42.7 Å². The molecule has 2 heterocycles. The highest BCUT2D eigenvalue weighted by Crippen LogP contribution is 2.29. The Morgan fingerprint density at radius 3 is 2.79 bits per heavy atom. The average Bonchev–Trinajstić information content (AvgIpc) is 3.16. The number of fused-ring (bicyclic) bond motifs is 3. The number of para-hydroxylation sites is 1. The van der Waals surface area contributed by atoms with Crippen LogP contribution in [0.1, 0.15) is 20.3 Å². The van der Waals surface area contributed by atoms with Crippen molar-refractivity contribution in [2.75, 3.05) is 18.2 Å². The summed E-state index contributed by atoms with van der Waals surface area (Å²) < 4.78 is 12.6. The summed E-state index contributed by atoms with van der Waals surface area (Å²) in [5, 5.41) is 4.49. The molecule has 0 saturated carbocycles. The molecule has 172 valence electrons. The van der Waals surface area contributed by atoms with Crippen molar-refractivity contribution >= 4 is 57.0 Å². The number of amides is 1. The van der Waals surface area contributed by atoms with Crippen LogP contribution in [0.4, 0.5) is 5.69 Å². The molecule has 7 nitrogen and oxygen atoms in total. The highest BCUT2D eigenvalue weighted by molar-refractivity contribution is 7.99. The minimum absolute atomic E-state index is 0.0824. The number of methoxy groups -OCH3 is 1. The maximum absolute atomic E-state index is 13.3. The standard InChI is InChI=1S/C24H24ClN3O4S/c1-14(2)10-11-28-23(30)22-21(16-6-4-5-7-18(16)32-22)27-24(28)33-13-20(29)26-15-8-9-19(31-3)17(25)12-15/h4-9,12,14H,10-11,13H2,1-3H3,(H,26,29). The number of furan rings is 1. The Morgan fingerprint density at radius 2 is 2.06 bits per heavy atom. The Balaban J connectivity index is 1.61. The van der Waals surface area contributed by atoms with Gasteiger partial charge in [-0.25, -0.2) is 4.98 Å². The second-order valence-corrected chi connectivity index (χ2v) is 9.35. The van der Waals surface area contributed by atoms with E-state index in [0.29, 0.717) is 45.2 Å². The van der Waals surface area contributed by atoms with Crippen LogP contribution in [0, 0.1) is 5.92 Å². The first-order valence-corrected chi connectivity index (χ1v) is 11.9. The van der Waals surface area contributed by atoms with E-state index in [1.165, 1.54) is 18.9 Å². The number of nitrogens with zero attached hydrogens (tertiary/aromatic N) is 2. The number of anilines is 1. The Bertz CT molecular complexity index is 1380. The second-order valence-electron chi connectivity index (χ2n) is 8.00. The molecular weight excluding hydrogens is 462 g/mol. The zero-order chi connectivity index (χ0) is 23.5. The van der Waals surface area contributed by atoms with E-state index in [0.717, 1.165) is 11.8 Å². The van der Waals surface area contributed by atoms with Crippen LogP contribution in [0.2, 0.25) is 5.02 Å². The quantitative estimate of drug-likeness (QED) is 0.259. The zero-order valence-corrected chi connectivity index (χ0v) is 20.1. The minimum Gasteiger partial charge on any atom is -0.495 e. The van der Waals surface area contributed by atoms with Gasteiger partial charge in [-0.3, -0.25) is 14.2 Å². The first kappa shape index (κ1) is 23.2. The number of benzene rings is 2. The number of halogens is 1. The molecule has 2 aromatic carbocycles. The molecule has 0 bridgehead atoms. The summed E-state index contributed by atoms with van der Waals surface area (Å²) in [4.78, 5) is 30.6. The summed E-state index contributed by atoms with van der Waals surface area (Å²) in [6.07, 6.45) is 0.803. The zero-order valence-electron chi connectivity index (χ0n) is 18.6. The molecule has 0 aliphatic heterocycles. The van der Waals surface area contributed by atoms with Gasteiger partial charge in [0, 0.05) is 17.6 Å². The summed E-state index contributed by atoms with van der Waals surface area (Å²) in [5.74, 6) is 0.786. The number of hydrogen-bond donors (Lipinski definition) is 1. The summed E-state index contributed by atoms with van der Waals surface area (Å²) in [7, 11) is 1.53. The topological polar surface area (TPSA) is 86.4 Å². The normalized spacial score (nSPS) is 11.4. The van der Waals surface area contributed by atoms with Crippen LogP contribution >= 0.6 is 23.4 Å². The van der Waals surface area contributed by atoms with Crippen LogP contribution < -0.4 is 15.6 Å². The van der Waals surface area contributed by atoms with Crippen LogP contribution in [-0.4, -0.2) is 28.3 Å². The van der Waals surface area contributed by atoms with Crippen molar-refractivity contribution < 1.29 is 13.9 Å². The molecule has 0 atom stereocenters. The van der Waals surface area contributed by atoms with Gasteiger partial charge in [0.1, 0.15) is 16.8 Å². The Kier molecular flexibility index (Phi) is 6.95. The lowest BCUT2D eigenvalue weighted by molar-refractivity contribution is -0.113. The highest BCUT2D eigenvalue weighted by Gasteiger charge is 2.19. The number of aromatic nitrogens is 2. The summed E-state index contributed by atoms with van der Waals surface area (Å²) in [5.41, 5.74) is 1.70. The molecule has 0 radical (unpaired) electrons. The molecule has 2 aromatic heterocycles. The average molecular weight is 486 g/mol. The SMILES string of the molecule is COc1ccc(NC(=O)CSc2nc3c(oc4ccccc43)c(=O)n2CCC(C)C)cc1Cl. The lowest BCUT2D eigenvalue weighted by Gasteiger charge is -2.13. The van der Waals surface area contributed by atoms with Gasteiger partial charge >= 0.3 is 0 Å². The fraction of sp³-hybridized carbons (Fsp3) is 0.292. The number of rotatable bonds is 8. The predicted molar refractivity (Wildman–Crippen MR) is 133 cm³/mol. The molecule has 1 amide bonds. The van der Waals surface area contributed by atoms with Crippen molar-refractivity contribution in [3.63, 3.8) is 0 Å². The second kappa shape index (κ2) is 9.89. The largest absolute Gasteiger partial charge is 0.495 e. The van der Waals surface area contributed by atoms with Crippen molar-refractivity contribution in [2.45, 2.75) is 32.0 Å². The summed E-state index contributed by atoms with van der Waals surface area (Å²) in [6.45, 7) is 4.69.